The minimum absolute atomic E-state index is 0.234. The van der Waals surface area contributed by atoms with Crippen LogP contribution in [0.25, 0.3) is 0 Å². The lowest BCUT2D eigenvalue weighted by Crippen LogP contribution is -2.41. The maximum Gasteiger partial charge on any atom is 0.225 e. The van der Waals surface area contributed by atoms with Crippen molar-refractivity contribution in [3.05, 3.63) is 58.8 Å². The molecule has 4 N–H and O–H groups in total. The number of anilines is 1. The van der Waals surface area contributed by atoms with E-state index in [2.05, 4.69) is 20.7 Å². The first-order valence-electron chi connectivity index (χ1n) is 10.8. The molecule has 1 fully saturated rings. The summed E-state index contributed by atoms with van der Waals surface area (Å²) in [5, 5.41) is 3.31. The third kappa shape index (κ3) is 4.96. The molecule has 2 aromatic rings. The molecule has 4 rings (SSSR count). The number of carbonyl (C=O) groups is 1. The Hall–Kier alpha value is -3.13. The highest BCUT2D eigenvalue weighted by Crippen LogP contribution is 2.30. The van der Waals surface area contributed by atoms with Gasteiger partial charge in [-0.15, -0.1) is 0 Å². The zero-order valence-electron chi connectivity index (χ0n) is 18.1. The van der Waals surface area contributed by atoms with Gasteiger partial charge in [0.2, 0.25) is 11.8 Å². The van der Waals surface area contributed by atoms with Crippen molar-refractivity contribution in [2.24, 2.45) is 11.8 Å². The number of pyridine rings is 2. The van der Waals surface area contributed by atoms with E-state index >= 15 is 0 Å². The fraction of sp³-hybridized carbons (Fsp3) is 0.435. The number of aromatic nitrogens is 2. The van der Waals surface area contributed by atoms with Crippen LogP contribution in [-0.4, -0.2) is 33.9 Å². The van der Waals surface area contributed by atoms with Gasteiger partial charge in [-0.1, -0.05) is 6.42 Å². The van der Waals surface area contributed by atoms with E-state index in [9.17, 15) is 4.79 Å². The van der Waals surface area contributed by atoms with E-state index in [0.29, 0.717) is 18.3 Å². The van der Waals surface area contributed by atoms with E-state index in [-0.39, 0.29) is 12.5 Å². The van der Waals surface area contributed by atoms with Crippen LogP contribution < -0.4 is 21.3 Å². The number of fused-ring (bicyclic) bond motifs is 1. The topological polar surface area (TPSA) is 105 Å². The van der Waals surface area contributed by atoms with Crippen LogP contribution in [-0.2, 0) is 17.8 Å². The van der Waals surface area contributed by atoms with Gasteiger partial charge in [0.1, 0.15) is 6.61 Å². The molecule has 0 spiro atoms. The van der Waals surface area contributed by atoms with Gasteiger partial charge in [0.25, 0.3) is 0 Å². The van der Waals surface area contributed by atoms with Gasteiger partial charge in [-0.2, -0.15) is 0 Å². The summed E-state index contributed by atoms with van der Waals surface area (Å²) in [6, 6.07) is 5.88. The molecule has 0 aromatic carbocycles. The minimum Gasteiger partial charge on any atom is -0.471 e. The molecule has 3 heterocycles. The van der Waals surface area contributed by atoms with Crippen molar-refractivity contribution in [3.8, 4) is 5.88 Å². The normalized spacial score (nSPS) is 16.7. The average molecular weight is 423 g/mol. The maximum absolute atomic E-state index is 12.5. The molecular weight excluding hydrogens is 392 g/mol. The number of carbonyl (C=O) groups excluding carboxylic acids is 1. The van der Waals surface area contributed by atoms with Crippen LogP contribution in [0.5, 0.6) is 5.88 Å². The number of rotatable bonds is 7. The van der Waals surface area contributed by atoms with E-state index in [4.69, 9.17) is 10.6 Å². The molecular formula is C23H30N6O2. The number of nitrogens with zero attached hydrogens (tertiary/aromatic N) is 3. The molecule has 8 nitrogen and oxygen atoms in total. The van der Waals surface area contributed by atoms with E-state index < -0.39 is 0 Å². The molecule has 8 heteroatoms. The molecule has 2 aromatic heterocycles. The van der Waals surface area contributed by atoms with Gasteiger partial charge < -0.3 is 20.4 Å². The third-order valence-corrected chi connectivity index (χ3v) is 6.08. The zero-order chi connectivity index (χ0) is 21.8. The first-order valence-corrected chi connectivity index (χ1v) is 10.8. The van der Waals surface area contributed by atoms with Gasteiger partial charge in [-0.05, 0) is 56.4 Å². The predicted molar refractivity (Wildman–Crippen MR) is 119 cm³/mol. The Kier molecular flexibility index (Phi) is 6.36. The summed E-state index contributed by atoms with van der Waals surface area (Å²) >= 11 is 0. The third-order valence-electron chi connectivity index (χ3n) is 6.08. The number of nitrogens with one attached hydrogen (secondary N) is 2. The van der Waals surface area contributed by atoms with E-state index in [1.807, 2.05) is 43.1 Å². The summed E-state index contributed by atoms with van der Waals surface area (Å²) < 4.78 is 5.96. The monoisotopic (exact) mass is 422 g/mol. The standard InChI is InChI=1S/C23H30N6O2/c1-15-6-7-20(12-25-15)27-21(16(2)28-24)14-31-22-10-18-8-9-29(13-19(18)11-26-22)23(30)17-4-3-5-17/h6-7,10-12,17,27-28H,3-5,8-9,13-14,24H2,1-2H3/b21-16-. The average Bonchev–Trinajstić information content (AvgIpc) is 2.75. The smallest absolute Gasteiger partial charge is 0.225 e. The van der Waals surface area contributed by atoms with Gasteiger partial charge in [0.15, 0.2) is 0 Å². The summed E-state index contributed by atoms with van der Waals surface area (Å²) in [6.45, 7) is 5.50. The molecule has 1 aliphatic carbocycles. The van der Waals surface area contributed by atoms with Crippen molar-refractivity contribution in [3.63, 3.8) is 0 Å². The number of amides is 1. The Labute approximate surface area is 182 Å². The molecule has 0 saturated heterocycles. The maximum atomic E-state index is 12.5. The lowest BCUT2D eigenvalue weighted by atomic mass is 9.84. The van der Waals surface area contributed by atoms with Crippen LogP contribution in [0.4, 0.5) is 5.69 Å². The Morgan fingerprint density at radius 2 is 2.10 bits per heavy atom. The van der Waals surface area contributed by atoms with Crippen molar-refractivity contribution >= 4 is 11.6 Å². The van der Waals surface area contributed by atoms with Crippen LogP contribution in [0.15, 0.2) is 42.0 Å². The summed E-state index contributed by atoms with van der Waals surface area (Å²) in [5.74, 6) is 6.71. The largest absolute Gasteiger partial charge is 0.471 e. The van der Waals surface area contributed by atoms with Crippen LogP contribution in [0.3, 0.4) is 0 Å². The van der Waals surface area contributed by atoms with E-state index in [1.165, 1.54) is 12.0 Å². The molecule has 1 amide bonds. The summed E-state index contributed by atoms with van der Waals surface area (Å²) in [4.78, 5) is 23.3. The van der Waals surface area contributed by atoms with Crippen LogP contribution >= 0.6 is 0 Å². The molecule has 1 aliphatic heterocycles. The molecule has 164 valence electrons. The SMILES string of the molecule is C/C(NN)=C(\COc1cc2c(cn1)CN(C(=O)C1CCC1)CC2)Nc1ccc(C)nc1. The number of hydrazine groups is 1. The Bertz CT molecular complexity index is 969. The lowest BCUT2D eigenvalue weighted by molar-refractivity contribution is -0.139. The van der Waals surface area contributed by atoms with Gasteiger partial charge in [-0.25, -0.2) is 4.98 Å². The Morgan fingerprint density at radius 1 is 1.26 bits per heavy atom. The molecule has 0 atom stereocenters. The molecule has 0 radical (unpaired) electrons. The Morgan fingerprint density at radius 3 is 2.77 bits per heavy atom. The van der Waals surface area contributed by atoms with Gasteiger partial charge in [0, 0.05) is 42.7 Å². The number of ether oxygens (including phenoxy) is 1. The van der Waals surface area contributed by atoms with Gasteiger partial charge in [-0.3, -0.25) is 15.6 Å². The second-order valence-corrected chi connectivity index (χ2v) is 8.28. The first kappa shape index (κ1) is 21.1. The number of aryl methyl sites for hydroxylation is 1. The molecule has 31 heavy (non-hydrogen) atoms. The second-order valence-electron chi connectivity index (χ2n) is 8.28. The second kappa shape index (κ2) is 9.34. The van der Waals surface area contributed by atoms with Crippen molar-refractivity contribution in [2.45, 2.75) is 46.1 Å². The number of allylic oxidation sites excluding steroid dienone is 1. The van der Waals surface area contributed by atoms with Crippen LogP contribution in [0, 0.1) is 12.8 Å². The molecule has 0 bridgehead atoms. The molecule has 1 saturated carbocycles. The summed E-state index contributed by atoms with van der Waals surface area (Å²) in [6.07, 6.45) is 7.67. The van der Waals surface area contributed by atoms with Crippen molar-refractivity contribution in [1.29, 1.82) is 0 Å². The highest BCUT2D eigenvalue weighted by Gasteiger charge is 2.31. The van der Waals surface area contributed by atoms with Crippen molar-refractivity contribution in [2.75, 3.05) is 18.5 Å². The highest BCUT2D eigenvalue weighted by molar-refractivity contribution is 5.79. The van der Waals surface area contributed by atoms with Crippen molar-refractivity contribution < 1.29 is 9.53 Å². The summed E-state index contributed by atoms with van der Waals surface area (Å²) in [5.41, 5.74) is 8.34. The van der Waals surface area contributed by atoms with Gasteiger partial charge in [0.05, 0.1) is 17.6 Å². The first-order chi connectivity index (χ1) is 15.0. The van der Waals surface area contributed by atoms with E-state index in [1.54, 1.807) is 6.20 Å². The molecule has 2 aliphatic rings. The fourth-order valence-electron chi connectivity index (χ4n) is 3.79. The van der Waals surface area contributed by atoms with Gasteiger partial charge >= 0.3 is 0 Å². The lowest BCUT2D eigenvalue weighted by Gasteiger charge is -2.34. The number of hydrogen-bond donors (Lipinski definition) is 3. The quantitative estimate of drug-likeness (QED) is 0.465. The predicted octanol–water partition coefficient (Wildman–Crippen LogP) is 2.66. The highest BCUT2D eigenvalue weighted by atomic mass is 16.5. The molecule has 0 unspecified atom stereocenters. The van der Waals surface area contributed by atoms with E-state index in [0.717, 1.165) is 54.1 Å². The van der Waals surface area contributed by atoms with Crippen molar-refractivity contribution in [1.82, 2.24) is 20.3 Å². The zero-order valence-corrected chi connectivity index (χ0v) is 18.1. The van der Waals surface area contributed by atoms with Crippen LogP contribution in [0.1, 0.15) is 43.0 Å². The Balaban J connectivity index is 1.39. The van der Waals surface area contributed by atoms with Crippen LogP contribution in [0.2, 0.25) is 0 Å². The fourth-order valence-corrected chi connectivity index (χ4v) is 3.79. The summed E-state index contributed by atoms with van der Waals surface area (Å²) in [7, 11) is 0. The number of hydrogen-bond acceptors (Lipinski definition) is 7. The minimum atomic E-state index is 0.234. The number of nitrogens with two attached hydrogens (primary N) is 1.